The molecular weight excluding hydrogens is 575 g/mol. The van der Waals surface area contributed by atoms with Crippen LogP contribution >= 0.6 is 11.8 Å². The van der Waals surface area contributed by atoms with Gasteiger partial charge in [0.05, 0.1) is 11.4 Å². The third-order valence-corrected chi connectivity index (χ3v) is 9.41. The van der Waals surface area contributed by atoms with Gasteiger partial charge in [0.1, 0.15) is 0 Å². The van der Waals surface area contributed by atoms with E-state index in [1.807, 2.05) is 11.8 Å². The van der Waals surface area contributed by atoms with Crippen molar-refractivity contribution in [1.29, 1.82) is 0 Å². The van der Waals surface area contributed by atoms with Gasteiger partial charge in [0, 0.05) is 9.79 Å². The van der Waals surface area contributed by atoms with Crippen LogP contribution in [-0.4, -0.2) is 0 Å². The lowest BCUT2D eigenvalue weighted by Gasteiger charge is -2.23. The van der Waals surface area contributed by atoms with E-state index in [0.29, 0.717) is 0 Å². The maximum Gasteiger partial charge on any atom is 0.0558 e. The van der Waals surface area contributed by atoms with Gasteiger partial charge in [-0.05, 0) is 70.0 Å². The molecule has 0 unspecified atom stereocenters. The molecule has 1 aliphatic heterocycles. The number of hydrogen-bond acceptors (Lipinski definition) is 2. The highest BCUT2D eigenvalue weighted by molar-refractivity contribution is 7.99. The predicted molar refractivity (Wildman–Crippen MR) is 199 cm³/mol. The van der Waals surface area contributed by atoms with Crippen LogP contribution in [0.15, 0.2) is 174 Å². The molecule has 6 aromatic carbocycles. The highest BCUT2D eigenvalue weighted by atomic mass is 32.2. The number of unbranched alkanes of at least 4 members (excludes halogenated alkanes) is 3. The van der Waals surface area contributed by atoms with Gasteiger partial charge in [-0.3, -0.25) is 0 Å². The summed E-state index contributed by atoms with van der Waals surface area (Å²) in [5.41, 5.74) is 11.4. The number of fused-ring (bicyclic) bond motifs is 2. The molecule has 0 aliphatic carbocycles. The minimum atomic E-state index is 1.18. The van der Waals surface area contributed by atoms with E-state index in [1.165, 1.54) is 92.2 Å². The zero-order chi connectivity index (χ0) is 31.4. The molecule has 0 saturated heterocycles. The largest absolute Gasteiger partial charge is 0.353 e. The predicted octanol–water partition coefficient (Wildman–Crippen LogP) is 12.7. The van der Waals surface area contributed by atoms with Gasteiger partial charge in [-0.2, -0.15) is 0 Å². The Labute approximate surface area is 279 Å². The highest BCUT2D eigenvalue weighted by Gasteiger charge is 2.18. The van der Waals surface area contributed by atoms with E-state index >= 15 is 0 Å². The quantitative estimate of drug-likeness (QED) is 0.128. The molecular formula is C44H41NS. The summed E-state index contributed by atoms with van der Waals surface area (Å²) in [6.45, 7) is 2.26. The highest BCUT2D eigenvalue weighted by Crippen LogP contribution is 2.45. The van der Waals surface area contributed by atoms with E-state index < -0.39 is 0 Å². The lowest BCUT2D eigenvalue weighted by molar-refractivity contribution is 0.667. The summed E-state index contributed by atoms with van der Waals surface area (Å²) < 4.78 is 0. The number of hydrogen-bond donors (Lipinski definition) is 1. The lowest BCUT2D eigenvalue weighted by Crippen LogP contribution is -2.03. The van der Waals surface area contributed by atoms with Crippen LogP contribution in [0.25, 0.3) is 11.1 Å². The van der Waals surface area contributed by atoms with Gasteiger partial charge in [0.2, 0.25) is 0 Å². The van der Waals surface area contributed by atoms with Crippen molar-refractivity contribution in [1.82, 2.24) is 0 Å². The topological polar surface area (TPSA) is 12.0 Å². The van der Waals surface area contributed by atoms with Crippen molar-refractivity contribution in [3.05, 3.63) is 192 Å². The molecule has 7 rings (SSSR count). The Morgan fingerprint density at radius 2 is 0.913 bits per heavy atom. The van der Waals surface area contributed by atoms with Crippen molar-refractivity contribution in [2.45, 2.75) is 48.8 Å². The van der Waals surface area contributed by atoms with E-state index in [4.69, 9.17) is 0 Å². The van der Waals surface area contributed by atoms with E-state index in [-0.39, 0.29) is 0 Å². The second-order valence-electron chi connectivity index (χ2n) is 11.5. The summed E-state index contributed by atoms with van der Waals surface area (Å²) in [5, 5.41) is 3.63. The maximum atomic E-state index is 3.63. The number of para-hydroxylation sites is 2. The standard InChI is InChI=1S/C26H20.C18H21NS/c1-5-13-21(14-6-1)25(22-15-7-2-8-16-22)26(23-17-9-3-10-18-23)24-19-11-4-12-20-24;1-2-3-4-5-9-14-10-8-13-17-18(14)19-15-11-6-7-12-16(15)20-17/h1-20H;6-8,10-13,19H,2-5,9H2,1H3. The van der Waals surface area contributed by atoms with E-state index in [9.17, 15) is 0 Å². The summed E-state index contributed by atoms with van der Waals surface area (Å²) in [7, 11) is 0. The SMILES string of the molecule is CCCCCCc1cccc2c1Nc1ccccc1S2.c1ccc(C(=C(c2ccccc2)c2ccccc2)c2ccccc2)cc1. The first-order valence-corrected chi connectivity index (χ1v) is 17.2. The third-order valence-electron chi connectivity index (χ3n) is 8.28. The van der Waals surface area contributed by atoms with Crippen molar-refractivity contribution in [2.24, 2.45) is 0 Å². The van der Waals surface area contributed by atoms with E-state index in [2.05, 4.69) is 176 Å². The lowest BCUT2D eigenvalue weighted by atomic mass is 9.86. The minimum absolute atomic E-state index is 1.18. The van der Waals surface area contributed by atoms with Gasteiger partial charge in [0.25, 0.3) is 0 Å². The Hall–Kier alpha value is -4.79. The number of anilines is 2. The Bertz CT molecular complexity index is 1680. The number of nitrogens with one attached hydrogen (secondary N) is 1. The number of benzene rings is 6. The van der Waals surface area contributed by atoms with Crippen molar-refractivity contribution in [2.75, 3.05) is 5.32 Å². The summed E-state index contributed by atoms with van der Waals surface area (Å²) in [4.78, 5) is 2.68. The molecule has 0 radical (unpaired) electrons. The van der Waals surface area contributed by atoms with Gasteiger partial charge in [0.15, 0.2) is 0 Å². The Morgan fingerprint density at radius 3 is 1.41 bits per heavy atom. The zero-order valence-electron chi connectivity index (χ0n) is 26.5. The first-order valence-electron chi connectivity index (χ1n) is 16.4. The zero-order valence-corrected chi connectivity index (χ0v) is 27.3. The van der Waals surface area contributed by atoms with Crippen molar-refractivity contribution in [3.63, 3.8) is 0 Å². The summed E-state index contributed by atoms with van der Waals surface area (Å²) in [5.74, 6) is 0. The number of aryl methyl sites for hydroxylation is 1. The average molecular weight is 616 g/mol. The van der Waals surface area contributed by atoms with Crippen molar-refractivity contribution < 1.29 is 0 Å². The molecule has 0 spiro atoms. The first kappa shape index (κ1) is 31.2. The van der Waals surface area contributed by atoms with Gasteiger partial charge in [-0.1, -0.05) is 184 Å². The average Bonchev–Trinajstić information content (AvgIpc) is 3.13. The Kier molecular flexibility index (Phi) is 10.8. The molecule has 0 fully saturated rings. The fourth-order valence-corrected chi connectivity index (χ4v) is 7.04. The second-order valence-corrected chi connectivity index (χ2v) is 12.6. The molecule has 0 saturated carbocycles. The van der Waals surface area contributed by atoms with Crippen LogP contribution in [0.3, 0.4) is 0 Å². The summed E-state index contributed by atoms with van der Waals surface area (Å²) in [6.07, 6.45) is 6.45. The van der Waals surface area contributed by atoms with E-state index in [1.54, 1.807) is 0 Å². The van der Waals surface area contributed by atoms with Gasteiger partial charge >= 0.3 is 0 Å². The molecule has 1 aliphatic rings. The van der Waals surface area contributed by atoms with Crippen molar-refractivity contribution in [3.8, 4) is 0 Å². The number of rotatable bonds is 9. The third kappa shape index (κ3) is 7.70. The second kappa shape index (κ2) is 16.0. The Morgan fingerprint density at radius 1 is 0.457 bits per heavy atom. The maximum absolute atomic E-state index is 3.63. The van der Waals surface area contributed by atoms with Crippen LogP contribution < -0.4 is 5.32 Å². The fourth-order valence-electron chi connectivity index (χ4n) is 6.00. The minimum Gasteiger partial charge on any atom is -0.353 e. The Balaban J connectivity index is 0.000000167. The van der Waals surface area contributed by atoms with Crippen LogP contribution in [0.4, 0.5) is 11.4 Å². The molecule has 1 heterocycles. The molecule has 0 atom stereocenters. The van der Waals surface area contributed by atoms with Crippen LogP contribution in [-0.2, 0) is 6.42 Å². The molecule has 1 N–H and O–H groups in total. The molecule has 0 bridgehead atoms. The summed E-state index contributed by atoms with van der Waals surface area (Å²) in [6, 6.07) is 57.8. The molecule has 0 amide bonds. The molecule has 6 aromatic rings. The molecule has 228 valence electrons. The monoisotopic (exact) mass is 615 g/mol. The normalized spacial score (nSPS) is 11.2. The molecule has 0 aromatic heterocycles. The smallest absolute Gasteiger partial charge is 0.0558 e. The van der Waals surface area contributed by atoms with Gasteiger partial charge in [-0.25, -0.2) is 0 Å². The summed E-state index contributed by atoms with van der Waals surface area (Å²) >= 11 is 1.88. The van der Waals surface area contributed by atoms with Crippen LogP contribution in [0.1, 0.15) is 60.4 Å². The van der Waals surface area contributed by atoms with Crippen molar-refractivity contribution >= 4 is 34.3 Å². The molecule has 1 nitrogen and oxygen atoms in total. The molecule has 46 heavy (non-hydrogen) atoms. The van der Waals surface area contributed by atoms with Crippen LogP contribution in [0, 0.1) is 0 Å². The fraction of sp³-hybridized carbons (Fsp3) is 0.136. The first-order chi connectivity index (χ1) is 22.8. The van der Waals surface area contributed by atoms with Gasteiger partial charge in [-0.15, -0.1) is 0 Å². The van der Waals surface area contributed by atoms with E-state index in [0.717, 1.165) is 0 Å². The van der Waals surface area contributed by atoms with Crippen LogP contribution in [0.5, 0.6) is 0 Å². The molecule has 2 heteroatoms. The van der Waals surface area contributed by atoms with Gasteiger partial charge < -0.3 is 5.32 Å². The van der Waals surface area contributed by atoms with Crippen LogP contribution in [0.2, 0.25) is 0 Å².